The first-order chi connectivity index (χ1) is 17.8. The molecule has 1 aliphatic heterocycles. The molecule has 1 saturated carbocycles. The van der Waals surface area contributed by atoms with Crippen LogP contribution in [0.25, 0.3) is 44.5 Å². The second-order valence-electron chi connectivity index (χ2n) is 10.2. The van der Waals surface area contributed by atoms with Gasteiger partial charge in [-0.1, -0.05) is 37.1 Å². The summed E-state index contributed by atoms with van der Waals surface area (Å²) in [5.41, 5.74) is 6.44. The summed E-state index contributed by atoms with van der Waals surface area (Å²) in [7, 11) is 0. The van der Waals surface area contributed by atoms with Crippen molar-refractivity contribution in [2.24, 2.45) is 0 Å². The number of hydrogen-bond donors (Lipinski definition) is 3. The molecule has 2 aliphatic rings. The summed E-state index contributed by atoms with van der Waals surface area (Å²) in [6, 6.07) is 17.7. The number of benzene rings is 2. The van der Waals surface area contributed by atoms with Crippen molar-refractivity contribution in [1.82, 2.24) is 30.2 Å². The fourth-order valence-electron chi connectivity index (χ4n) is 5.76. The van der Waals surface area contributed by atoms with Crippen LogP contribution in [0.2, 0.25) is 0 Å². The van der Waals surface area contributed by atoms with Gasteiger partial charge < -0.3 is 15.3 Å². The zero-order valence-corrected chi connectivity index (χ0v) is 20.3. The highest BCUT2D eigenvalue weighted by Crippen LogP contribution is 2.34. The molecule has 36 heavy (non-hydrogen) atoms. The molecule has 2 fully saturated rings. The molecule has 2 aromatic carbocycles. The van der Waals surface area contributed by atoms with E-state index in [-0.39, 0.29) is 0 Å². The first kappa shape index (κ1) is 21.5. The quantitative estimate of drug-likeness (QED) is 0.263. The van der Waals surface area contributed by atoms with Crippen LogP contribution < -0.4 is 5.32 Å². The van der Waals surface area contributed by atoms with Gasteiger partial charge in [-0.2, -0.15) is 0 Å². The topological polar surface area (TPSA) is 82.3 Å². The summed E-state index contributed by atoms with van der Waals surface area (Å²) in [5, 5.41) is 5.92. The minimum absolute atomic E-state index is 0.350. The number of aromatic amines is 2. The average molecular weight is 475 g/mol. The van der Waals surface area contributed by atoms with E-state index in [2.05, 4.69) is 73.8 Å². The molecule has 7 rings (SSSR count). The second kappa shape index (κ2) is 9.03. The molecule has 1 atom stereocenters. The molecule has 0 unspecified atom stereocenters. The fourth-order valence-corrected chi connectivity index (χ4v) is 5.76. The van der Waals surface area contributed by atoms with Crippen molar-refractivity contribution in [3.63, 3.8) is 0 Å². The van der Waals surface area contributed by atoms with Gasteiger partial charge in [-0.05, 0) is 67.3 Å². The molecule has 180 valence electrons. The van der Waals surface area contributed by atoms with Crippen LogP contribution in [0.4, 0.5) is 0 Å². The standard InChI is InChI=1S/C30H30N6/c1-2-5-19(4-1)29-33-18-28(35-29)24-11-12-25(32-16-24)22-9-7-21-15-23(10-8-20(21)14-22)27-17-34-30(36-27)26-6-3-13-31-26/h7-12,14-19,26,31H,1-6,13H2,(H,33,35)(H,34,36)/t26-/m0/s1. The van der Waals surface area contributed by atoms with Crippen molar-refractivity contribution >= 4 is 10.8 Å². The van der Waals surface area contributed by atoms with Crippen LogP contribution >= 0.6 is 0 Å². The smallest absolute Gasteiger partial charge is 0.123 e. The Bertz CT molecular complexity index is 1500. The third-order valence-corrected chi connectivity index (χ3v) is 7.84. The van der Waals surface area contributed by atoms with Gasteiger partial charge >= 0.3 is 0 Å². The summed E-state index contributed by atoms with van der Waals surface area (Å²) < 4.78 is 0. The van der Waals surface area contributed by atoms with Crippen LogP contribution in [-0.2, 0) is 0 Å². The Morgan fingerprint density at radius 2 is 1.31 bits per heavy atom. The van der Waals surface area contributed by atoms with E-state index in [1.54, 1.807) is 0 Å². The van der Waals surface area contributed by atoms with E-state index in [0.29, 0.717) is 12.0 Å². The third-order valence-electron chi connectivity index (χ3n) is 7.84. The summed E-state index contributed by atoms with van der Waals surface area (Å²) in [6.07, 6.45) is 13.3. The number of pyridine rings is 1. The molecule has 0 spiro atoms. The number of aromatic nitrogens is 5. The zero-order chi connectivity index (χ0) is 23.9. The number of nitrogens with one attached hydrogen (secondary N) is 3. The molecule has 1 aliphatic carbocycles. The summed E-state index contributed by atoms with van der Waals surface area (Å²) in [5.74, 6) is 2.75. The molecule has 3 aromatic heterocycles. The van der Waals surface area contributed by atoms with E-state index in [1.165, 1.54) is 42.9 Å². The highest BCUT2D eigenvalue weighted by atomic mass is 15.0. The molecular formula is C30H30N6. The molecule has 5 aromatic rings. The monoisotopic (exact) mass is 474 g/mol. The predicted octanol–water partition coefficient (Wildman–Crippen LogP) is 6.76. The van der Waals surface area contributed by atoms with Gasteiger partial charge in [0.05, 0.1) is 35.5 Å². The number of imidazole rings is 2. The molecule has 0 amide bonds. The van der Waals surface area contributed by atoms with E-state index in [0.717, 1.165) is 58.4 Å². The fraction of sp³-hybridized carbons (Fsp3) is 0.300. The van der Waals surface area contributed by atoms with Crippen molar-refractivity contribution in [3.8, 4) is 33.8 Å². The lowest BCUT2D eigenvalue weighted by atomic mass is 10.0. The van der Waals surface area contributed by atoms with Gasteiger partial charge in [-0.3, -0.25) is 4.98 Å². The molecule has 6 nitrogen and oxygen atoms in total. The molecule has 4 heterocycles. The van der Waals surface area contributed by atoms with E-state index in [1.807, 2.05) is 18.6 Å². The lowest BCUT2D eigenvalue weighted by Crippen LogP contribution is -2.14. The maximum absolute atomic E-state index is 4.78. The number of fused-ring (bicyclic) bond motifs is 1. The maximum atomic E-state index is 4.78. The van der Waals surface area contributed by atoms with Crippen molar-refractivity contribution in [2.75, 3.05) is 6.54 Å². The minimum atomic E-state index is 0.350. The SMILES string of the molecule is c1cc2cc(-c3cnc([C@@H]4CCCN4)[nH]3)ccc2cc1-c1ccc(-c2cnc(C3CCCC3)[nH]2)cn1. The molecule has 0 bridgehead atoms. The first-order valence-corrected chi connectivity index (χ1v) is 13.1. The van der Waals surface area contributed by atoms with Crippen molar-refractivity contribution in [2.45, 2.75) is 50.5 Å². The lowest BCUT2D eigenvalue weighted by molar-refractivity contribution is 0.613. The van der Waals surface area contributed by atoms with Crippen molar-refractivity contribution in [1.29, 1.82) is 0 Å². The Hall–Kier alpha value is -3.77. The Morgan fingerprint density at radius 1 is 0.611 bits per heavy atom. The van der Waals surface area contributed by atoms with E-state index in [4.69, 9.17) is 4.98 Å². The van der Waals surface area contributed by atoms with Crippen LogP contribution in [0.5, 0.6) is 0 Å². The number of nitrogens with zero attached hydrogens (tertiary/aromatic N) is 3. The van der Waals surface area contributed by atoms with Gasteiger partial charge in [-0.25, -0.2) is 9.97 Å². The summed E-state index contributed by atoms with van der Waals surface area (Å²) in [4.78, 5) is 21.1. The Kier molecular flexibility index (Phi) is 5.39. The Morgan fingerprint density at radius 3 is 2.06 bits per heavy atom. The summed E-state index contributed by atoms with van der Waals surface area (Å²) in [6.45, 7) is 1.07. The Balaban J connectivity index is 1.11. The van der Waals surface area contributed by atoms with E-state index >= 15 is 0 Å². The van der Waals surface area contributed by atoms with Crippen LogP contribution in [-0.4, -0.2) is 31.5 Å². The minimum Gasteiger partial charge on any atom is -0.342 e. The van der Waals surface area contributed by atoms with Gasteiger partial charge in [-0.15, -0.1) is 0 Å². The first-order valence-electron chi connectivity index (χ1n) is 13.1. The van der Waals surface area contributed by atoms with Gasteiger partial charge in [0, 0.05) is 28.8 Å². The number of H-pyrrole nitrogens is 2. The zero-order valence-electron chi connectivity index (χ0n) is 20.3. The van der Waals surface area contributed by atoms with Crippen molar-refractivity contribution < 1.29 is 0 Å². The molecule has 1 saturated heterocycles. The number of rotatable bonds is 5. The molecule has 0 radical (unpaired) electrons. The van der Waals surface area contributed by atoms with Crippen LogP contribution in [0.15, 0.2) is 67.1 Å². The van der Waals surface area contributed by atoms with Crippen LogP contribution in [0, 0.1) is 0 Å². The molecule has 3 N–H and O–H groups in total. The lowest BCUT2D eigenvalue weighted by Gasteiger charge is -2.07. The predicted molar refractivity (Wildman–Crippen MR) is 144 cm³/mol. The summed E-state index contributed by atoms with van der Waals surface area (Å²) >= 11 is 0. The average Bonchev–Trinajstić information content (AvgIpc) is 3.75. The third kappa shape index (κ3) is 4.01. The highest BCUT2D eigenvalue weighted by molar-refractivity contribution is 5.90. The van der Waals surface area contributed by atoms with Crippen LogP contribution in [0.1, 0.15) is 62.1 Å². The molecular weight excluding hydrogens is 444 g/mol. The number of hydrogen-bond acceptors (Lipinski definition) is 4. The highest BCUT2D eigenvalue weighted by Gasteiger charge is 2.21. The largest absolute Gasteiger partial charge is 0.342 e. The normalized spacial score (nSPS) is 18.4. The van der Waals surface area contributed by atoms with E-state index in [9.17, 15) is 0 Å². The second-order valence-corrected chi connectivity index (χ2v) is 10.2. The molecule has 6 heteroatoms. The van der Waals surface area contributed by atoms with Crippen molar-refractivity contribution in [3.05, 3.63) is 78.8 Å². The Labute approximate surface area is 210 Å². The van der Waals surface area contributed by atoms with E-state index < -0.39 is 0 Å². The van der Waals surface area contributed by atoms with Gasteiger partial charge in [0.15, 0.2) is 0 Å². The van der Waals surface area contributed by atoms with Crippen LogP contribution in [0.3, 0.4) is 0 Å². The van der Waals surface area contributed by atoms with Gasteiger partial charge in [0.2, 0.25) is 0 Å². The van der Waals surface area contributed by atoms with Gasteiger partial charge in [0.1, 0.15) is 11.6 Å². The van der Waals surface area contributed by atoms with Gasteiger partial charge in [0.25, 0.3) is 0 Å². The maximum Gasteiger partial charge on any atom is 0.123 e.